The Morgan fingerprint density at radius 1 is 1.10 bits per heavy atom. The summed E-state index contributed by atoms with van der Waals surface area (Å²) in [6.45, 7) is 0.323. The normalized spacial score (nSPS) is 10.3. The first-order chi connectivity index (χ1) is 9.45. The topological polar surface area (TPSA) is 40.5 Å². The number of rotatable bonds is 4. The molecule has 2 aromatic carbocycles. The second-order valence-electron chi connectivity index (χ2n) is 4.49. The van der Waals surface area contributed by atoms with Crippen LogP contribution in [0.3, 0.4) is 0 Å². The van der Waals surface area contributed by atoms with Crippen LogP contribution in [0.25, 0.3) is 0 Å². The SMILES string of the molecule is CN(Cc1cc(F)cc(C(=O)O)c1)c1ccc(F)cc1. The zero-order valence-electron chi connectivity index (χ0n) is 10.8. The van der Waals surface area contributed by atoms with Crippen molar-refractivity contribution < 1.29 is 18.7 Å². The third-order valence-electron chi connectivity index (χ3n) is 2.89. The van der Waals surface area contributed by atoms with Gasteiger partial charge >= 0.3 is 5.97 Å². The molecule has 2 rings (SSSR count). The summed E-state index contributed by atoms with van der Waals surface area (Å²) < 4.78 is 26.2. The van der Waals surface area contributed by atoms with Crippen molar-refractivity contribution in [2.45, 2.75) is 6.54 Å². The highest BCUT2D eigenvalue weighted by molar-refractivity contribution is 5.87. The highest BCUT2D eigenvalue weighted by atomic mass is 19.1. The van der Waals surface area contributed by atoms with Gasteiger partial charge in [-0.2, -0.15) is 0 Å². The number of halogens is 2. The third kappa shape index (κ3) is 3.32. The van der Waals surface area contributed by atoms with Gasteiger partial charge in [-0.15, -0.1) is 0 Å². The maximum absolute atomic E-state index is 13.4. The lowest BCUT2D eigenvalue weighted by Gasteiger charge is -2.19. The molecule has 0 aromatic heterocycles. The molecule has 0 saturated carbocycles. The smallest absolute Gasteiger partial charge is 0.335 e. The number of aromatic carboxylic acids is 1. The van der Waals surface area contributed by atoms with E-state index >= 15 is 0 Å². The van der Waals surface area contributed by atoms with Crippen molar-refractivity contribution in [2.75, 3.05) is 11.9 Å². The van der Waals surface area contributed by atoms with E-state index < -0.39 is 11.8 Å². The van der Waals surface area contributed by atoms with Crippen molar-refractivity contribution in [3.05, 3.63) is 65.2 Å². The second kappa shape index (κ2) is 5.69. The highest BCUT2D eigenvalue weighted by Gasteiger charge is 2.09. The quantitative estimate of drug-likeness (QED) is 0.932. The summed E-state index contributed by atoms with van der Waals surface area (Å²) in [5.74, 6) is -2.09. The highest BCUT2D eigenvalue weighted by Crippen LogP contribution is 2.17. The molecule has 0 heterocycles. The zero-order chi connectivity index (χ0) is 14.7. The molecule has 0 amide bonds. The Hall–Kier alpha value is -2.43. The van der Waals surface area contributed by atoms with Gasteiger partial charge in [-0.05, 0) is 48.0 Å². The molecule has 0 atom stereocenters. The maximum Gasteiger partial charge on any atom is 0.335 e. The molecule has 0 spiro atoms. The van der Waals surface area contributed by atoms with Crippen LogP contribution < -0.4 is 4.90 Å². The standard InChI is InChI=1S/C15H13F2NO2/c1-18(14-4-2-12(16)3-5-14)9-10-6-11(15(19)20)8-13(17)7-10/h2-8H,9H2,1H3,(H,19,20). The van der Waals surface area contributed by atoms with E-state index in [1.807, 2.05) is 0 Å². The molecule has 0 fully saturated rings. The lowest BCUT2D eigenvalue weighted by molar-refractivity contribution is 0.0696. The summed E-state index contributed by atoms with van der Waals surface area (Å²) in [7, 11) is 1.76. The first-order valence-electron chi connectivity index (χ1n) is 5.95. The fraction of sp³-hybridized carbons (Fsp3) is 0.133. The van der Waals surface area contributed by atoms with Crippen molar-refractivity contribution in [2.24, 2.45) is 0 Å². The van der Waals surface area contributed by atoms with Gasteiger partial charge in [0.15, 0.2) is 0 Å². The minimum atomic E-state index is -1.17. The Kier molecular flexibility index (Phi) is 3.98. The van der Waals surface area contributed by atoms with E-state index in [0.717, 1.165) is 11.8 Å². The molecule has 0 aliphatic carbocycles. The molecular weight excluding hydrogens is 264 g/mol. The maximum atomic E-state index is 13.4. The second-order valence-corrected chi connectivity index (χ2v) is 4.49. The van der Waals surface area contributed by atoms with Crippen LogP contribution in [0.5, 0.6) is 0 Å². The summed E-state index contributed by atoms with van der Waals surface area (Å²) in [5, 5.41) is 8.89. The van der Waals surface area contributed by atoms with E-state index in [0.29, 0.717) is 12.1 Å². The number of hydrogen-bond donors (Lipinski definition) is 1. The molecule has 0 saturated heterocycles. The van der Waals surface area contributed by atoms with Gasteiger partial charge in [0.25, 0.3) is 0 Å². The van der Waals surface area contributed by atoms with Gasteiger partial charge in [0.1, 0.15) is 11.6 Å². The van der Waals surface area contributed by atoms with Crippen molar-refractivity contribution in [3.63, 3.8) is 0 Å². The van der Waals surface area contributed by atoms with Crippen molar-refractivity contribution in [1.82, 2.24) is 0 Å². The van der Waals surface area contributed by atoms with Crippen LogP contribution in [0.4, 0.5) is 14.5 Å². The van der Waals surface area contributed by atoms with Crippen LogP contribution in [0, 0.1) is 11.6 Å². The Morgan fingerprint density at radius 3 is 2.35 bits per heavy atom. The number of carboxylic acid groups (broad SMARTS) is 1. The predicted molar refractivity (Wildman–Crippen MR) is 71.9 cm³/mol. The molecular formula is C15H13F2NO2. The summed E-state index contributed by atoms with van der Waals surface area (Å²) in [4.78, 5) is 12.7. The number of hydrogen-bond acceptors (Lipinski definition) is 2. The number of anilines is 1. The van der Waals surface area contributed by atoms with E-state index in [2.05, 4.69) is 0 Å². The Labute approximate surface area is 115 Å². The Morgan fingerprint density at radius 2 is 1.75 bits per heavy atom. The first kappa shape index (κ1) is 14.0. The molecule has 104 valence electrons. The molecule has 1 N–H and O–H groups in total. The Bertz CT molecular complexity index is 626. The molecule has 0 aliphatic heterocycles. The largest absolute Gasteiger partial charge is 0.478 e. The van der Waals surface area contributed by atoms with Crippen LogP contribution in [-0.2, 0) is 6.54 Å². The lowest BCUT2D eigenvalue weighted by atomic mass is 10.1. The number of benzene rings is 2. The molecule has 2 aromatic rings. The average Bonchev–Trinajstić information content (AvgIpc) is 2.38. The average molecular weight is 277 g/mol. The van der Waals surface area contributed by atoms with Gasteiger partial charge in [-0.3, -0.25) is 0 Å². The van der Waals surface area contributed by atoms with Crippen LogP contribution in [0.2, 0.25) is 0 Å². The monoisotopic (exact) mass is 277 g/mol. The number of nitrogens with zero attached hydrogens (tertiary/aromatic N) is 1. The number of carboxylic acids is 1. The van der Waals surface area contributed by atoms with Crippen LogP contribution in [0.1, 0.15) is 15.9 Å². The molecule has 0 aliphatic rings. The fourth-order valence-corrected chi connectivity index (χ4v) is 1.93. The Balaban J connectivity index is 2.21. The van der Waals surface area contributed by atoms with Crippen LogP contribution >= 0.6 is 0 Å². The van der Waals surface area contributed by atoms with Crippen molar-refractivity contribution in [3.8, 4) is 0 Å². The van der Waals surface area contributed by atoms with E-state index in [1.165, 1.54) is 24.3 Å². The predicted octanol–water partition coefficient (Wildman–Crippen LogP) is 3.30. The molecule has 0 radical (unpaired) electrons. The first-order valence-corrected chi connectivity index (χ1v) is 5.95. The van der Waals surface area contributed by atoms with Gasteiger partial charge in [-0.1, -0.05) is 0 Å². The summed E-state index contributed by atoms with van der Waals surface area (Å²) in [5.41, 5.74) is 1.20. The van der Waals surface area contributed by atoms with Gasteiger partial charge in [0.2, 0.25) is 0 Å². The number of carbonyl (C=O) groups is 1. The van der Waals surface area contributed by atoms with Gasteiger partial charge in [0, 0.05) is 19.3 Å². The molecule has 3 nitrogen and oxygen atoms in total. The fourth-order valence-electron chi connectivity index (χ4n) is 1.93. The van der Waals surface area contributed by atoms with Gasteiger partial charge in [0.05, 0.1) is 5.56 Å². The minimum absolute atomic E-state index is 0.0903. The summed E-state index contributed by atoms with van der Waals surface area (Å²) in [6, 6.07) is 9.56. The molecule has 20 heavy (non-hydrogen) atoms. The van der Waals surface area contributed by atoms with Gasteiger partial charge < -0.3 is 10.0 Å². The van der Waals surface area contributed by atoms with Crippen LogP contribution in [-0.4, -0.2) is 18.1 Å². The van der Waals surface area contributed by atoms with Crippen LogP contribution in [0.15, 0.2) is 42.5 Å². The van der Waals surface area contributed by atoms with E-state index in [-0.39, 0.29) is 11.4 Å². The zero-order valence-corrected chi connectivity index (χ0v) is 10.8. The van der Waals surface area contributed by atoms with Crippen molar-refractivity contribution in [1.29, 1.82) is 0 Å². The van der Waals surface area contributed by atoms with E-state index in [1.54, 1.807) is 24.1 Å². The third-order valence-corrected chi connectivity index (χ3v) is 2.89. The molecule has 0 unspecified atom stereocenters. The van der Waals surface area contributed by atoms with E-state index in [9.17, 15) is 13.6 Å². The lowest BCUT2D eigenvalue weighted by Crippen LogP contribution is -2.16. The van der Waals surface area contributed by atoms with Gasteiger partial charge in [-0.25, -0.2) is 13.6 Å². The minimum Gasteiger partial charge on any atom is -0.478 e. The van der Waals surface area contributed by atoms with Crippen molar-refractivity contribution >= 4 is 11.7 Å². The summed E-state index contributed by atoms with van der Waals surface area (Å²) >= 11 is 0. The van der Waals surface area contributed by atoms with E-state index in [4.69, 9.17) is 5.11 Å². The molecule has 5 heteroatoms. The molecule has 0 bridgehead atoms. The summed E-state index contributed by atoms with van der Waals surface area (Å²) in [6.07, 6.45) is 0.